The predicted octanol–water partition coefficient (Wildman–Crippen LogP) is 0.287. The highest BCUT2D eigenvalue weighted by Gasteiger charge is 1.96. The average molecular weight is 182 g/mol. The molecule has 0 radical (unpaired) electrons. The molecule has 0 spiro atoms. The molecule has 0 saturated carbocycles. The van der Waals surface area contributed by atoms with Crippen LogP contribution in [0.5, 0.6) is 0 Å². The third-order valence-corrected chi connectivity index (χ3v) is 1.68. The van der Waals surface area contributed by atoms with Crippen LogP contribution in [0.1, 0.15) is 12.2 Å². The van der Waals surface area contributed by atoms with Gasteiger partial charge in [0.25, 0.3) is 0 Å². The number of carbonyl (C=O) groups excluding carboxylic acids is 1. The molecule has 4 nitrogen and oxygen atoms in total. The van der Waals surface area contributed by atoms with Crippen molar-refractivity contribution in [2.45, 2.75) is 12.8 Å². The first kappa shape index (κ1) is 9.80. The van der Waals surface area contributed by atoms with Gasteiger partial charge in [-0.15, -0.1) is 0 Å². The molecule has 0 atom stereocenters. The standard InChI is InChI=1S/C9H14N2O2/c10-9(12)4-6-11-5-3-8-2-1-7-13-8/h1-2,7,11H,3-6H2,(H2,10,12). The highest BCUT2D eigenvalue weighted by Crippen LogP contribution is 1.99. The first-order valence-electron chi connectivity index (χ1n) is 4.30. The fraction of sp³-hybridized carbons (Fsp3) is 0.444. The molecule has 4 heteroatoms. The van der Waals surface area contributed by atoms with Crippen LogP contribution in [0.3, 0.4) is 0 Å². The highest BCUT2D eigenvalue weighted by atomic mass is 16.3. The van der Waals surface area contributed by atoms with Crippen LogP contribution in [-0.4, -0.2) is 19.0 Å². The Bertz CT molecular complexity index is 244. The number of nitrogens with two attached hydrogens (primary N) is 1. The number of nitrogens with one attached hydrogen (secondary N) is 1. The van der Waals surface area contributed by atoms with Crippen LogP contribution in [-0.2, 0) is 11.2 Å². The second-order valence-electron chi connectivity index (χ2n) is 2.80. The molecule has 3 N–H and O–H groups in total. The molecule has 1 amide bonds. The number of hydrogen-bond acceptors (Lipinski definition) is 3. The third kappa shape index (κ3) is 4.32. The molecular formula is C9H14N2O2. The van der Waals surface area contributed by atoms with E-state index < -0.39 is 0 Å². The minimum atomic E-state index is -0.273. The first-order valence-corrected chi connectivity index (χ1v) is 4.30. The van der Waals surface area contributed by atoms with Gasteiger partial charge >= 0.3 is 0 Å². The van der Waals surface area contributed by atoms with Gasteiger partial charge in [0.1, 0.15) is 5.76 Å². The summed E-state index contributed by atoms with van der Waals surface area (Å²) >= 11 is 0. The van der Waals surface area contributed by atoms with Crippen LogP contribution >= 0.6 is 0 Å². The molecule has 0 bridgehead atoms. The summed E-state index contributed by atoms with van der Waals surface area (Å²) in [6.07, 6.45) is 2.88. The lowest BCUT2D eigenvalue weighted by atomic mass is 10.3. The van der Waals surface area contributed by atoms with E-state index in [1.165, 1.54) is 0 Å². The van der Waals surface area contributed by atoms with Crippen molar-refractivity contribution in [3.05, 3.63) is 24.2 Å². The summed E-state index contributed by atoms with van der Waals surface area (Å²) < 4.78 is 5.13. The van der Waals surface area contributed by atoms with Crippen LogP contribution in [0.15, 0.2) is 22.8 Å². The molecule has 0 aliphatic carbocycles. The minimum absolute atomic E-state index is 0.273. The van der Waals surface area contributed by atoms with E-state index in [0.29, 0.717) is 13.0 Å². The van der Waals surface area contributed by atoms with Gasteiger partial charge in [0.2, 0.25) is 5.91 Å². The maximum Gasteiger partial charge on any atom is 0.218 e. The topological polar surface area (TPSA) is 68.3 Å². The number of primary amides is 1. The fourth-order valence-corrected chi connectivity index (χ4v) is 1.00. The summed E-state index contributed by atoms with van der Waals surface area (Å²) in [6.45, 7) is 1.44. The molecule has 0 aromatic carbocycles. The molecular weight excluding hydrogens is 168 g/mol. The number of hydrogen-bond donors (Lipinski definition) is 2. The summed E-state index contributed by atoms with van der Waals surface area (Å²) in [5.41, 5.74) is 4.97. The number of rotatable bonds is 6. The second-order valence-corrected chi connectivity index (χ2v) is 2.80. The molecule has 1 heterocycles. The van der Waals surface area contributed by atoms with E-state index >= 15 is 0 Å². The zero-order chi connectivity index (χ0) is 9.52. The Kier molecular flexibility index (Phi) is 4.05. The summed E-state index contributed by atoms with van der Waals surface area (Å²) in [5, 5.41) is 3.09. The minimum Gasteiger partial charge on any atom is -0.469 e. The van der Waals surface area contributed by atoms with Gasteiger partial charge in [0.05, 0.1) is 6.26 Å². The quantitative estimate of drug-likeness (QED) is 0.621. The van der Waals surface area contributed by atoms with Gasteiger partial charge in [-0.1, -0.05) is 0 Å². The smallest absolute Gasteiger partial charge is 0.218 e. The van der Waals surface area contributed by atoms with Gasteiger partial charge in [0.15, 0.2) is 0 Å². The van der Waals surface area contributed by atoms with E-state index in [1.807, 2.05) is 12.1 Å². The highest BCUT2D eigenvalue weighted by molar-refractivity contribution is 5.73. The maximum atomic E-state index is 10.4. The molecule has 1 aromatic heterocycles. The zero-order valence-electron chi connectivity index (χ0n) is 7.45. The normalized spacial score (nSPS) is 10.2. The Morgan fingerprint density at radius 3 is 3.00 bits per heavy atom. The number of carbonyl (C=O) groups is 1. The Morgan fingerprint density at radius 2 is 2.38 bits per heavy atom. The lowest BCUT2D eigenvalue weighted by Gasteiger charge is -2.00. The largest absolute Gasteiger partial charge is 0.469 e. The zero-order valence-corrected chi connectivity index (χ0v) is 7.45. The summed E-state index contributed by atoms with van der Waals surface area (Å²) in [6, 6.07) is 3.79. The van der Waals surface area contributed by atoms with E-state index in [1.54, 1.807) is 6.26 Å². The van der Waals surface area contributed by atoms with Crippen molar-refractivity contribution >= 4 is 5.91 Å². The van der Waals surface area contributed by atoms with Crippen LogP contribution in [0, 0.1) is 0 Å². The Balaban J connectivity index is 1.99. The second kappa shape index (κ2) is 5.37. The molecule has 0 saturated heterocycles. The molecule has 13 heavy (non-hydrogen) atoms. The van der Waals surface area contributed by atoms with Crippen LogP contribution in [0.25, 0.3) is 0 Å². The average Bonchev–Trinajstić information content (AvgIpc) is 2.55. The van der Waals surface area contributed by atoms with E-state index in [-0.39, 0.29) is 5.91 Å². The lowest BCUT2D eigenvalue weighted by Crippen LogP contribution is -2.23. The van der Waals surface area contributed by atoms with Crippen molar-refractivity contribution in [3.63, 3.8) is 0 Å². The van der Waals surface area contributed by atoms with Crippen molar-refractivity contribution < 1.29 is 9.21 Å². The first-order chi connectivity index (χ1) is 6.29. The lowest BCUT2D eigenvalue weighted by molar-refractivity contribution is -0.117. The maximum absolute atomic E-state index is 10.4. The molecule has 72 valence electrons. The van der Waals surface area contributed by atoms with Crippen LogP contribution in [0.2, 0.25) is 0 Å². The van der Waals surface area contributed by atoms with Crippen molar-refractivity contribution in [2.75, 3.05) is 13.1 Å². The summed E-state index contributed by atoms with van der Waals surface area (Å²) in [5.74, 6) is 0.678. The monoisotopic (exact) mass is 182 g/mol. The van der Waals surface area contributed by atoms with Gasteiger partial charge in [-0.3, -0.25) is 4.79 Å². The van der Waals surface area contributed by atoms with Crippen LogP contribution < -0.4 is 11.1 Å². The van der Waals surface area contributed by atoms with E-state index in [4.69, 9.17) is 10.2 Å². The van der Waals surface area contributed by atoms with Crippen molar-refractivity contribution in [2.24, 2.45) is 5.73 Å². The fourth-order valence-electron chi connectivity index (χ4n) is 1.00. The van der Waals surface area contributed by atoms with E-state index in [9.17, 15) is 4.79 Å². The predicted molar refractivity (Wildman–Crippen MR) is 49.1 cm³/mol. The Hall–Kier alpha value is -1.29. The Morgan fingerprint density at radius 1 is 1.54 bits per heavy atom. The molecule has 0 fully saturated rings. The van der Waals surface area contributed by atoms with Gasteiger partial charge in [0, 0.05) is 25.9 Å². The summed E-state index contributed by atoms with van der Waals surface area (Å²) in [7, 11) is 0. The summed E-state index contributed by atoms with van der Waals surface area (Å²) in [4.78, 5) is 10.4. The molecule has 1 aromatic rings. The SMILES string of the molecule is NC(=O)CCNCCc1ccco1. The molecule has 0 unspecified atom stereocenters. The van der Waals surface area contributed by atoms with Gasteiger partial charge < -0.3 is 15.5 Å². The molecule has 1 rings (SSSR count). The van der Waals surface area contributed by atoms with E-state index in [0.717, 1.165) is 18.7 Å². The van der Waals surface area contributed by atoms with Crippen molar-refractivity contribution in [3.8, 4) is 0 Å². The van der Waals surface area contributed by atoms with E-state index in [2.05, 4.69) is 5.32 Å². The van der Waals surface area contributed by atoms with Crippen LogP contribution in [0.4, 0.5) is 0 Å². The van der Waals surface area contributed by atoms with Gasteiger partial charge in [-0.05, 0) is 12.1 Å². The van der Waals surface area contributed by atoms with Crippen molar-refractivity contribution in [1.82, 2.24) is 5.32 Å². The number of amides is 1. The third-order valence-electron chi connectivity index (χ3n) is 1.68. The molecule has 0 aliphatic heterocycles. The van der Waals surface area contributed by atoms with Gasteiger partial charge in [-0.2, -0.15) is 0 Å². The molecule has 0 aliphatic rings. The number of furan rings is 1. The Labute approximate surface area is 77.1 Å². The van der Waals surface area contributed by atoms with Crippen molar-refractivity contribution in [1.29, 1.82) is 0 Å². The van der Waals surface area contributed by atoms with Gasteiger partial charge in [-0.25, -0.2) is 0 Å².